The fourth-order valence-corrected chi connectivity index (χ4v) is 4.00. The first kappa shape index (κ1) is 14.3. The maximum atomic E-state index is 12.5. The first-order valence-electron chi connectivity index (χ1n) is 7.30. The van der Waals surface area contributed by atoms with E-state index in [4.69, 9.17) is 5.73 Å². The van der Waals surface area contributed by atoms with Crippen LogP contribution in [0.3, 0.4) is 0 Å². The zero-order valence-electron chi connectivity index (χ0n) is 12.6. The van der Waals surface area contributed by atoms with Crippen molar-refractivity contribution in [3.05, 3.63) is 16.1 Å². The first-order chi connectivity index (χ1) is 9.97. The highest BCUT2D eigenvalue weighted by Crippen LogP contribution is 2.35. The number of amides is 1. The number of rotatable bonds is 2. The van der Waals surface area contributed by atoms with Gasteiger partial charge >= 0.3 is 0 Å². The fraction of sp³-hybridized carbons (Fsp3) is 0.533. The maximum absolute atomic E-state index is 12.5. The van der Waals surface area contributed by atoms with E-state index in [9.17, 15) is 4.79 Å². The number of nitrogen functional groups attached to an aromatic ring is 1. The highest BCUT2D eigenvalue weighted by molar-refractivity contribution is 7.21. The van der Waals surface area contributed by atoms with Crippen molar-refractivity contribution in [2.45, 2.75) is 46.1 Å². The molecule has 1 saturated carbocycles. The Hall–Kier alpha value is -1.69. The van der Waals surface area contributed by atoms with Gasteiger partial charge in [0, 0.05) is 11.4 Å². The molecule has 6 heteroatoms. The van der Waals surface area contributed by atoms with Gasteiger partial charge < -0.3 is 11.1 Å². The Kier molecular flexibility index (Phi) is 3.57. The molecule has 2 heterocycles. The molecule has 3 rings (SSSR count). The summed E-state index contributed by atoms with van der Waals surface area (Å²) >= 11 is 1.33. The van der Waals surface area contributed by atoms with Crippen molar-refractivity contribution in [2.24, 2.45) is 5.92 Å². The van der Waals surface area contributed by atoms with Crippen LogP contribution in [0.1, 0.15) is 47.1 Å². The highest BCUT2D eigenvalue weighted by Gasteiger charge is 2.26. The van der Waals surface area contributed by atoms with Gasteiger partial charge in [0.2, 0.25) is 0 Å². The summed E-state index contributed by atoms with van der Waals surface area (Å²) in [5.41, 5.74) is 8.58. The summed E-state index contributed by atoms with van der Waals surface area (Å²) in [7, 11) is 0. The van der Waals surface area contributed by atoms with E-state index in [1.165, 1.54) is 17.8 Å². The summed E-state index contributed by atoms with van der Waals surface area (Å²) < 4.78 is 0. The van der Waals surface area contributed by atoms with Gasteiger partial charge in [-0.05, 0) is 44.6 Å². The van der Waals surface area contributed by atoms with E-state index < -0.39 is 0 Å². The van der Waals surface area contributed by atoms with Crippen LogP contribution in [0.15, 0.2) is 0 Å². The summed E-state index contributed by atoms with van der Waals surface area (Å²) in [5, 5.41) is 12.2. The molecule has 2 unspecified atom stereocenters. The minimum Gasteiger partial charge on any atom is -0.397 e. The minimum absolute atomic E-state index is 0.0772. The molecule has 0 aliphatic heterocycles. The van der Waals surface area contributed by atoms with E-state index in [1.807, 2.05) is 13.8 Å². The Morgan fingerprint density at radius 3 is 2.76 bits per heavy atom. The van der Waals surface area contributed by atoms with Crippen LogP contribution in [0.2, 0.25) is 0 Å². The van der Waals surface area contributed by atoms with Gasteiger partial charge in [0.25, 0.3) is 5.91 Å². The molecule has 1 fully saturated rings. The molecule has 0 radical (unpaired) electrons. The lowest BCUT2D eigenvalue weighted by atomic mass is 10.1. The maximum Gasteiger partial charge on any atom is 0.263 e. The molecular formula is C15H20N4OS. The molecule has 0 spiro atoms. The number of hydrogen-bond donors (Lipinski definition) is 2. The number of anilines is 1. The number of aryl methyl sites for hydroxylation is 2. The van der Waals surface area contributed by atoms with E-state index in [-0.39, 0.29) is 11.9 Å². The quantitative estimate of drug-likeness (QED) is 0.894. The van der Waals surface area contributed by atoms with Gasteiger partial charge in [-0.25, -0.2) is 0 Å². The first-order valence-corrected chi connectivity index (χ1v) is 8.11. The zero-order valence-corrected chi connectivity index (χ0v) is 13.4. The summed E-state index contributed by atoms with van der Waals surface area (Å²) in [5.74, 6) is 0.609. The van der Waals surface area contributed by atoms with E-state index in [0.717, 1.165) is 34.3 Å². The van der Waals surface area contributed by atoms with Crippen LogP contribution in [0, 0.1) is 19.8 Å². The molecule has 0 aromatic carbocycles. The Bertz CT molecular complexity index is 709. The average molecular weight is 304 g/mol. The minimum atomic E-state index is -0.0772. The number of nitrogens with zero attached hydrogens (tertiary/aromatic N) is 2. The largest absolute Gasteiger partial charge is 0.397 e. The molecular weight excluding hydrogens is 284 g/mol. The number of nitrogens with one attached hydrogen (secondary N) is 1. The number of carbonyl (C=O) groups excluding carboxylic acids is 1. The molecule has 1 amide bonds. The number of carbonyl (C=O) groups is 1. The van der Waals surface area contributed by atoms with E-state index in [0.29, 0.717) is 16.5 Å². The van der Waals surface area contributed by atoms with Crippen molar-refractivity contribution in [3.63, 3.8) is 0 Å². The van der Waals surface area contributed by atoms with Crippen molar-refractivity contribution in [2.75, 3.05) is 5.73 Å². The average Bonchev–Trinajstić information content (AvgIpc) is 2.98. The van der Waals surface area contributed by atoms with Crippen LogP contribution in [-0.2, 0) is 0 Å². The van der Waals surface area contributed by atoms with Crippen molar-refractivity contribution < 1.29 is 4.79 Å². The molecule has 3 N–H and O–H groups in total. The van der Waals surface area contributed by atoms with Crippen molar-refractivity contribution in [1.29, 1.82) is 0 Å². The van der Waals surface area contributed by atoms with Crippen LogP contribution < -0.4 is 11.1 Å². The normalized spacial score (nSPS) is 21.9. The molecule has 0 saturated heterocycles. The predicted octanol–water partition coefficient (Wildman–Crippen LogP) is 2.81. The number of thiophene rings is 1. The fourth-order valence-electron chi connectivity index (χ4n) is 3.00. The standard InChI is InChI=1S/C15H20N4OS/c1-7-4-5-10(6-7)17-14(20)13-12(16)11-8(2)9(3)18-19-15(11)21-13/h7,10H,4-6,16H2,1-3H3,(H,17,20). The second-order valence-corrected chi connectivity index (χ2v) is 7.02. The number of hydrogen-bond acceptors (Lipinski definition) is 5. The molecule has 2 aromatic heterocycles. The topological polar surface area (TPSA) is 80.9 Å². The summed E-state index contributed by atoms with van der Waals surface area (Å²) in [6.07, 6.45) is 3.28. The molecule has 1 aliphatic carbocycles. The predicted molar refractivity (Wildman–Crippen MR) is 85.6 cm³/mol. The molecule has 112 valence electrons. The second kappa shape index (κ2) is 5.26. The Morgan fingerprint density at radius 2 is 2.10 bits per heavy atom. The summed E-state index contributed by atoms with van der Waals surface area (Å²) in [4.78, 5) is 13.8. The molecule has 21 heavy (non-hydrogen) atoms. The van der Waals surface area contributed by atoms with Gasteiger partial charge in [-0.1, -0.05) is 6.92 Å². The molecule has 2 atom stereocenters. The Labute approximate surface area is 127 Å². The molecule has 5 nitrogen and oxygen atoms in total. The number of fused-ring (bicyclic) bond motifs is 1. The number of nitrogens with two attached hydrogens (primary N) is 1. The van der Waals surface area contributed by atoms with E-state index >= 15 is 0 Å². The lowest BCUT2D eigenvalue weighted by Gasteiger charge is -2.11. The van der Waals surface area contributed by atoms with E-state index in [2.05, 4.69) is 22.4 Å². The molecule has 0 bridgehead atoms. The van der Waals surface area contributed by atoms with Crippen LogP contribution >= 0.6 is 11.3 Å². The van der Waals surface area contributed by atoms with Gasteiger partial charge in [0.05, 0.1) is 11.4 Å². The van der Waals surface area contributed by atoms with Crippen LogP contribution in [0.5, 0.6) is 0 Å². The van der Waals surface area contributed by atoms with Crippen molar-refractivity contribution in [3.8, 4) is 0 Å². The molecule has 1 aliphatic rings. The zero-order chi connectivity index (χ0) is 15.1. The third-order valence-corrected chi connectivity index (χ3v) is 5.46. The van der Waals surface area contributed by atoms with Crippen LogP contribution in [0.4, 0.5) is 5.69 Å². The summed E-state index contributed by atoms with van der Waals surface area (Å²) in [6, 6.07) is 0.269. The Balaban J connectivity index is 1.92. The van der Waals surface area contributed by atoms with Gasteiger partial charge in [-0.2, -0.15) is 5.10 Å². The van der Waals surface area contributed by atoms with Gasteiger partial charge in [-0.15, -0.1) is 16.4 Å². The Morgan fingerprint density at radius 1 is 1.33 bits per heavy atom. The monoisotopic (exact) mass is 304 g/mol. The second-order valence-electron chi connectivity index (χ2n) is 6.02. The summed E-state index contributed by atoms with van der Waals surface area (Å²) in [6.45, 7) is 6.09. The highest BCUT2D eigenvalue weighted by atomic mass is 32.1. The lowest BCUT2D eigenvalue weighted by molar-refractivity contribution is 0.0942. The van der Waals surface area contributed by atoms with Crippen molar-refractivity contribution >= 4 is 33.1 Å². The SMILES string of the molecule is Cc1nnc2sc(C(=O)NC3CCC(C)C3)c(N)c2c1C. The smallest absolute Gasteiger partial charge is 0.263 e. The van der Waals surface area contributed by atoms with Crippen LogP contribution in [-0.4, -0.2) is 22.1 Å². The van der Waals surface area contributed by atoms with E-state index in [1.54, 1.807) is 0 Å². The molecule has 2 aromatic rings. The van der Waals surface area contributed by atoms with Gasteiger partial charge in [-0.3, -0.25) is 4.79 Å². The van der Waals surface area contributed by atoms with Gasteiger partial charge in [0.15, 0.2) is 0 Å². The lowest BCUT2D eigenvalue weighted by Crippen LogP contribution is -2.32. The third-order valence-electron chi connectivity index (χ3n) is 4.37. The van der Waals surface area contributed by atoms with Gasteiger partial charge in [0.1, 0.15) is 9.71 Å². The van der Waals surface area contributed by atoms with Crippen molar-refractivity contribution in [1.82, 2.24) is 15.5 Å². The third kappa shape index (κ3) is 2.48. The van der Waals surface area contributed by atoms with Crippen LogP contribution in [0.25, 0.3) is 10.2 Å². The number of aromatic nitrogens is 2.